The van der Waals surface area contributed by atoms with Gasteiger partial charge >= 0.3 is 0 Å². The Hall–Kier alpha value is -0.730. The van der Waals surface area contributed by atoms with E-state index in [0.29, 0.717) is 12.0 Å². The van der Waals surface area contributed by atoms with Crippen LogP contribution in [0.2, 0.25) is 0 Å². The molecule has 15 heavy (non-hydrogen) atoms. The largest absolute Gasteiger partial charge is 0.370 e. The molecule has 3 heteroatoms. The molecule has 0 saturated heterocycles. The van der Waals surface area contributed by atoms with E-state index in [-0.39, 0.29) is 0 Å². The van der Waals surface area contributed by atoms with E-state index in [1.807, 2.05) is 0 Å². The first-order chi connectivity index (χ1) is 7.27. The Morgan fingerprint density at radius 3 is 1.60 bits per heavy atom. The molecule has 2 rings (SSSR count). The van der Waals surface area contributed by atoms with Crippen LogP contribution in [0.1, 0.15) is 51.4 Å². The molecule has 0 bridgehead atoms. The van der Waals surface area contributed by atoms with Crippen LogP contribution in [0.3, 0.4) is 0 Å². The Bertz CT molecular complexity index is 205. The lowest BCUT2D eigenvalue weighted by atomic mass is 9.86. The van der Waals surface area contributed by atoms with Gasteiger partial charge in [-0.2, -0.15) is 0 Å². The molecule has 4 N–H and O–H groups in total. The van der Waals surface area contributed by atoms with Crippen LogP contribution in [0.15, 0.2) is 4.99 Å². The third-order valence-corrected chi connectivity index (χ3v) is 4.06. The molecule has 0 atom stereocenters. The van der Waals surface area contributed by atoms with Gasteiger partial charge in [0.05, 0.1) is 6.04 Å². The van der Waals surface area contributed by atoms with Gasteiger partial charge in [0.25, 0.3) is 0 Å². The molecule has 0 spiro atoms. The van der Waals surface area contributed by atoms with Crippen LogP contribution in [0.25, 0.3) is 0 Å². The van der Waals surface area contributed by atoms with Crippen molar-refractivity contribution in [2.75, 3.05) is 0 Å². The molecule has 2 fully saturated rings. The minimum atomic E-state index is 0.291. The van der Waals surface area contributed by atoms with E-state index in [9.17, 15) is 0 Å². The zero-order valence-electron chi connectivity index (χ0n) is 9.49. The molecule has 86 valence electrons. The molecule has 2 saturated carbocycles. The monoisotopic (exact) mass is 209 g/mol. The third-order valence-electron chi connectivity index (χ3n) is 4.06. The molecule has 0 heterocycles. The van der Waals surface area contributed by atoms with E-state index < -0.39 is 0 Å². The highest BCUT2D eigenvalue weighted by atomic mass is 15.0. The SMILES string of the molecule is NC(N)=NC(C1CCCC1)C1CCCC1. The fourth-order valence-corrected chi connectivity index (χ4v) is 3.37. The van der Waals surface area contributed by atoms with Crippen molar-refractivity contribution in [3.05, 3.63) is 0 Å². The van der Waals surface area contributed by atoms with Crippen LogP contribution < -0.4 is 11.5 Å². The minimum absolute atomic E-state index is 0.291. The topological polar surface area (TPSA) is 64.4 Å². The summed E-state index contributed by atoms with van der Waals surface area (Å²) < 4.78 is 0. The molecular formula is C12H23N3. The maximum Gasteiger partial charge on any atom is 0.186 e. The van der Waals surface area contributed by atoms with Gasteiger partial charge in [0.1, 0.15) is 0 Å². The predicted octanol–water partition coefficient (Wildman–Crippen LogP) is 2.01. The predicted molar refractivity (Wildman–Crippen MR) is 63.5 cm³/mol. The maximum absolute atomic E-state index is 5.56. The molecule has 0 unspecified atom stereocenters. The van der Waals surface area contributed by atoms with Crippen molar-refractivity contribution in [1.82, 2.24) is 0 Å². The van der Waals surface area contributed by atoms with Gasteiger partial charge in [0, 0.05) is 0 Å². The summed E-state index contributed by atoms with van der Waals surface area (Å²) in [6.45, 7) is 0. The zero-order valence-corrected chi connectivity index (χ0v) is 9.49. The van der Waals surface area contributed by atoms with Crippen molar-refractivity contribution in [2.24, 2.45) is 28.3 Å². The molecule has 0 aromatic rings. The Labute approximate surface area is 92.3 Å². The van der Waals surface area contributed by atoms with Crippen molar-refractivity contribution in [3.63, 3.8) is 0 Å². The summed E-state index contributed by atoms with van der Waals surface area (Å²) >= 11 is 0. The fourth-order valence-electron chi connectivity index (χ4n) is 3.37. The zero-order chi connectivity index (χ0) is 10.7. The van der Waals surface area contributed by atoms with Gasteiger partial charge in [-0.15, -0.1) is 0 Å². The molecule has 3 nitrogen and oxygen atoms in total. The van der Waals surface area contributed by atoms with E-state index in [2.05, 4.69) is 4.99 Å². The van der Waals surface area contributed by atoms with Gasteiger partial charge in [-0.1, -0.05) is 25.7 Å². The van der Waals surface area contributed by atoms with Crippen LogP contribution in [-0.4, -0.2) is 12.0 Å². The smallest absolute Gasteiger partial charge is 0.186 e. The Kier molecular flexibility index (Phi) is 3.49. The second-order valence-electron chi connectivity index (χ2n) is 5.13. The average Bonchev–Trinajstić information content (AvgIpc) is 2.87. The Morgan fingerprint density at radius 2 is 1.27 bits per heavy atom. The summed E-state index contributed by atoms with van der Waals surface area (Å²) in [6.07, 6.45) is 10.8. The van der Waals surface area contributed by atoms with Crippen LogP contribution in [0, 0.1) is 11.8 Å². The number of aliphatic imine (C=N–C) groups is 1. The molecule has 0 aliphatic heterocycles. The summed E-state index contributed by atoms with van der Waals surface area (Å²) in [7, 11) is 0. The molecular weight excluding hydrogens is 186 g/mol. The molecule has 0 aromatic carbocycles. The van der Waals surface area contributed by atoms with Gasteiger partial charge in [-0.3, -0.25) is 0 Å². The molecule has 0 aromatic heterocycles. The highest BCUT2D eigenvalue weighted by Gasteiger charge is 2.32. The summed E-state index contributed by atoms with van der Waals surface area (Å²) in [5.41, 5.74) is 11.1. The summed E-state index contributed by atoms with van der Waals surface area (Å²) in [4.78, 5) is 4.51. The second-order valence-corrected chi connectivity index (χ2v) is 5.13. The van der Waals surface area contributed by atoms with Gasteiger partial charge in [-0.25, -0.2) is 4.99 Å². The van der Waals surface area contributed by atoms with Gasteiger partial charge in [0.15, 0.2) is 5.96 Å². The number of hydrogen-bond donors (Lipinski definition) is 2. The highest BCUT2D eigenvalue weighted by molar-refractivity contribution is 5.75. The summed E-state index contributed by atoms with van der Waals surface area (Å²) in [6, 6.07) is 0.431. The number of guanidine groups is 1. The number of nitrogens with two attached hydrogens (primary N) is 2. The van der Waals surface area contributed by atoms with Crippen LogP contribution in [0.5, 0.6) is 0 Å². The third kappa shape index (κ3) is 2.64. The van der Waals surface area contributed by atoms with E-state index >= 15 is 0 Å². The normalized spacial score (nSPS) is 23.8. The number of rotatable bonds is 3. The van der Waals surface area contributed by atoms with Crippen LogP contribution >= 0.6 is 0 Å². The van der Waals surface area contributed by atoms with Crippen molar-refractivity contribution >= 4 is 5.96 Å². The summed E-state index contributed by atoms with van der Waals surface area (Å²) in [5.74, 6) is 1.81. The quantitative estimate of drug-likeness (QED) is 0.551. The van der Waals surface area contributed by atoms with E-state index in [0.717, 1.165) is 11.8 Å². The highest BCUT2D eigenvalue weighted by Crippen LogP contribution is 2.38. The van der Waals surface area contributed by atoms with Crippen molar-refractivity contribution in [3.8, 4) is 0 Å². The van der Waals surface area contributed by atoms with Gasteiger partial charge in [-0.05, 0) is 37.5 Å². The average molecular weight is 209 g/mol. The van der Waals surface area contributed by atoms with Crippen LogP contribution in [0.4, 0.5) is 0 Å². The lowest BCUT2D eigenvalue weighted by Gasteiger charge is -2.25. The Balaban J connectivity index is 2.03. The lowest BCUT2D eigenvalue weighted by molar-refractivity contribution is 0.318. The lowest BCUT2D eigenvalue weighted by Crippen LogP contribution is -2.31. The van der Waals surface area contributed by atoms with Crippen molar-refractivity contribution < 1.29 is 0 Å². The number of nitrogens with zero attached hydrogens (tertiary/aromatic N) is 1. The fraction of sp³-hybridized carbons (Fsp3) is 0.917. The van der Waals surface area contributed by atoms with E-state index in [4.69, 9.17) is 11.5 Å². The van der Waals surface area contributed by atoms with E-state index in [1.54, 1.807) is 0 Å². The molecule has 0 amide bonds. The van der Waals surface area contributed by atoms with Gasteiger partial charge < -0.3 is 11.5 Å². The second kappa shape index (κ2) is 4.86. The molecule has 2 aliphatic rings. The summed E-state index contributed by atoms with van der Waals surface area (Å²) in [5, 5.41) is 0. The van der Waals surface area contributed by atoms with Gasteiger partial charge in [0.2, 0.25) is 0 Å². The standard InChI is InChI=1S/C12H23N3/c13-12(14)15-11(9-5-1-2-6-9)10-7-3-4-8-10/h9-11H,1-8H2,(H4,13,14,15). The maximum atomic E-state index is 5.56. The van der Waals surface area contributed by atoms with Crippen LogP contribution in [-0.2, 0) is 0 Å². The molecule has 0 radical (unpaired) electrons. The first kappa shape index (κ1) is 10.8. The van der Waals surface area contributed by atoms with Crippen molar-refractivity contribution in [2.45, 2.75) is 57.4 Å². The van der Waals surface area contributed by atoms with Crippen molar-refractivity contribution in [1.29, 1.82) is 0 Å². The molecule has 2 aliphatic carbocycles. The first-order valence-corrected chi connectivity index (χ1v) is 6.36. The minimum Gasteiger partial charge on any atom is -0.370 e. The first-order valence-electron chi connectivity index (χ1n) is 6.36. The number of hydrogen-bond acceptors (Lipinski definition) is 1. The van der Waals surface area contributed by atoms with E-state index in [1.165, 1.54) is 51.4 Å². The Morgan fingerprint density at radius 1 is 0.867 bits per heavy atom.